The number of hydrogen-bond acceptors (Lipinski definition) is 2. The maximum absolute atomic E-state index is 3.46. The summed E-state index contributed by atoms with van der Waals surface area (Å²) in [5.41, 5.74) is 0.568. The highest BCUT2D eigenvalue weighted by Crippen LogP contribution is 2.38. The van der Waals surface area contributed by atoms with E-state index in [0.717, 1.165) is 0 Å². The number of halogens is 1. The number of piperidine rings is 1. The van der Waals surface area contributed by atoms with E-state index in [1.807, 2.05) is 0 Å². The normalized spacial score (nSPS) is 41.7. The molecule has 2 fully saturated rings. The summed E-state index contributed by atoms with van der Waals surface area (Å²) in [6, 6.07) is 0. The van der Waals surface area contributed by atoms with Gasteiger partial charge in [0.15, 0.2) is 0 Å². The molecular formula is C7H13IN2. The van der Waals surface area contributed by atoms with Crippen molar-refractivity contribution in [2.45, 2.75) is 24.8 Å². The molecule has 2 heterocycles. The van der Waals surface area contributed by atoms with Crippen LogP contribution in [0.25, 0.3) is 0 Å². The molecule has 2 aliphatic rings. The van der Waals surface area contributed by atoms with Gasteiger partial charge in [0, 0.05) is 41.5 Å². The SMILES string of the molecule is IN1CCC12CCCNC2. The van der Waals surface area contributed by atoms with Crippen LogP contribution in [0.4, 0.5) is 0 Å². The summed E-state index contributed by atoms with van der Waals surface area (Å²) < 4.78 is 2.47. The monoisotopic (exact) mass is 252 g/mol. The molecule has 2 rings (SSSR count). The lowest BCUT2D eigenvalue weighted by molar-refractivity contribution is 0.0743. The van der Waals surface area contributed by atoms with Crippen molar-refractivity contribution in [2.75, 3.05) is 19.6 Å². The van der Waals surface area contributed by atoms with Crippen molar-refractivity contribution in [3.63, 3.8) is 0 Å². The Morgan fingerprint density at radius 1 is 1.40 bits per heavy atom. The van der Waals surface area contributed by atoms with Gasteiger partial charge < -0.3 is 5.32 Å². The van der Waals surface area contributed by atoms with Gasteiger partial charge in [-0.15, -0.1) is 0 Å². The second-order valence-corrected chi connectivity index (χ2v) is 4.51. The van der Waals surface area contributed by atoms with Crippen molar-refractivity contribution in [1.29, 1.82) is 0 Å². The van der Waals surface area contributed by atoms with Gasteiger partial charge in [-0.2, -0.15) is 0 Å². The molecule has 0 bridgehead atoms. The fourth-order valence-electron chi connectivity index (χ4n) is 1.88. The van der Waals surface area contributed by atoms with E-state index in [-0.39, 0.29) is 0 Å². The molecule has 3 heteroatoms. The summed E-state index contributed by atoms with van der Waals surface area (Å²) in [6.07, 6.45) is 4.17. The van der Waals surface area contributed by atoms with E-state index in [9.17, 15) is 0 Å². The Labute approximate surface area is 75.8 Å². The Morgan fingerprint density at radius 2 is 2.30 bits per heavy atom. The van der Waals surface area contributed by atoms with Gasteiger partial charge in [0.1, 0.15) is 0 Å². The molecule has 0 amide bonds. The molecule has 2 nitrogen and oxygen atoms in total. The van der Waals surface area contributed by atoms with Crippen molar-refractivity contribution in [3.8, 4) is 0 Å². The molecule has 1 unspecified atom stereocenters. The van der Waals surface area contributed by atoms with E-state index in [0.29, 0.717) is 5.54 Å². The minimum Gasteiger partial charge on any atom is -0.315 e. The fourth-order valence-corrected chi connectivity index (χ4v) is 2.78. The van der Waals surface area contributed by atoms with Crippen molar-refractivity contribution in [2.24, 2.45) is 0 Å². The maximum atomic E-state index is 3.46. The first-order valence-electron chi connectivity index (χ1n) is 3.98. The predicted octanol–water partition coefficient (Wildman–Crippen LogP) is 1.16. The van der Waals surface area contributed by atoms with Gasteiger partial charge in [0.25, 0.3) is 0 Å². The van der Waals surface area contributed by atoms with Gasteiger partial charge in [-0.3, -0.25) is 0 Å². The highest BCUT2D eigenvalue weighted by Gasteiger charge is 2.43. The molecule has 1 atom stereocenters. The van der Waals surface area contributed by atoms with Crippen LogP contribution >= 0.6 is 22.9 Å². The first-order chi connectivity index (χ1) is 4.83. The molecule has 0 aromatic heterocycles. The second kappa shape index (κ2) is 2.60. The molecule has 0 aromatic rings. The lowest BCUT2D eigenvalue weighted by Gasteiger charge is -2.51. The van der Waals surface area contributed by atoms with E-state index in [1.165, 1.54) is 38.9 Å². The summed E-state index contributed by atoms with van der Waals surface area (Å²) >= 11 is 2.46. The smallest absolute Gasteiger partial charge is 0.0442 e. The van der Waals surface area contributed by atoms with E-state index in [1.54, 1.807) is 0 Å². The van der Waals surface area contributed by atoms with Crippen molar-refractivity contribution in [1.82, 2.24) is 8.43 Å². The topological polar surface area (TPSA) is 15.3 Å². The average molecular weight is 252 g/mol. The average Bonchev–Trinajstić information content (AvgIpc) is 2.04. The van der Waals surface area contributed by atoms with Gasteiger partial charge in [0.2, 0.25) is 0 Å². The summed E-state index contributed by atoms with van der Waals surface area (Å²) in [7, 11) is 0. The molecule has 10 heavy (non-hydrogen) atoms. The summed E-state index contributed by atoms with van der Waals surface area (Å²) in [6.45, 7) is 3.74. The van der Waals surface area contributed by atoms with E-state index < -0.39 is 0 Å². The molecule has 2 aliphatic heterocycles. The highest BCUT2D eigenvalue weighted by atomic mass is 127. The molecule has 0 aromatic carbocycles. The second-order valence-electron chi connectivity index (χ2n) is 3.34. The van der Waals surface area contributed by atoms with Gasteiger partial charge in [0.05, 0.1) is 0 Å². The largest absolute Gasteiger partial charge is 0.315 e. The first kappa shape index (κ1) is 7.31. The van der Waals surface area contributed by atoms with Gasteiger partial charge >= 0.3 is 0 Å². The molecule has 0 aliphatic carbocycles. The molecule has 1 spiro atoms. The molecule has 0 radical (unpaired) electrons. The maximum Gasteiger partial charge on any atom is 0.0442 e. The van der Waals surface area contributed by atoms with Crippen LogP contribution in [0.1, 0.15) is 19.3 Å². The fraction of sp³-hybridized carbons (Fsp3) is 1.00. The van der Waals surface area contributed by atoms with Crippen LogP contribution in [0.2, 0.25) is 0 Å². The number of hydrogen-bond donors (Lipinski definition) is 1. The van der Waals surface area contributed by atoms with Crippen LogP contribution < -0.4 is 5.32 Å². The predicted molar refractivity (Wildman–Crippen MR) is 50.2 cm³/mol. The zero-order valence-corrected chi connectivity index (χ0v) is 8.23. The lowest BCUT2D eigenvalue weighted by atomic mass is 9.81. The molecular weight excluding hydrogens is 239 g/mol. The van der Waals surface area contributed by atoms with Crippen molar-refractivity contribution in [3.05, 3.63) is 0 Å². The Balaban J connectivity index is 1.99. The van der Waals surface area contributed by atoms with Crippen LogP contribution in [0, 0.1) is 0 Å². The molecule has 2 saturated heterocycles. The molecule has 58 valence electrons. The molecule has 0 saturated carbocycles. The Kier molecular flexibility index (Phi) is 1.90. The summed E-state index contributed by atoms with van der Waals surface area (Å²) in [5, 5.41) is 3.46. The highest BCUT2D eigenvalue weighted by molar-refractivity contribution is 14.1. The third-order valence-electron chi connectivity index (χ3n) is 2.74. The van der Waals surface area contributed by atoms with Crippen LogP contribution in [0.3, 0.4) is 0 Å². The van der Waals surface area contributed by atoms with Crippen molar-refractivity contribution < 1.29 is 0 Å². The quantitative estimate of drug-likeness (QED) is 0.514. The van der Waals surface area contributed by atoms with Gasteiger partial charge in [-0.1, -0.05) is 0 Å². The number of nitrogens with one attached hydrogen (secondary N) is 1. The first-order valence-corrected chi connectivity index (χ1v) is 4.94. The van der Waals surface area contributed by atoms with Gasteiger partial charge in [-0.25, -0.2) is 3.11 Å². The number of nitrogens with zero attached hydrogens (tertiary/aromatic N) is 1. The van der Waals surface area contributed by atoms with Crippen LogP contribution in [-0.2, 0) is 0 Å². The van der Waals surface area contributed by atoms with E-state index >= 15 is 0 Å². The van der Waals surface area contributed by atoms with Crippen LogP contribution in [0.5, 0.6) is 0 Å². The standard InChI is InChI=1S/C7H13IN2/c8-10-5-3-7(10)2-1-4-9-6-7/h9H,1-6H2. The number of rotatable bonds is 0. The van der Waals surface area contributed by atoms with Crippen molar-refractivity contribution >= 4 is 22.9 Å². The van der Waals surface area contributed by atoms with Crippen LogP contribution in [-0.4, -0.2) is 28.3 Å². The third-order valence-corrected chi connectivity index (χ3v) is 4.24. The zero-order valence-electron chi connectivity index (χ0n) is 6.07. The Hall–Kier alpha value is 0.650. The molecule has 1 N–H and O–H groups in total. The zero-order chi connectivity index (χ0) is 7.03. The van der Waals surface area contributed by atoms with Crippen LogP contribution in [0.15, 0.2) is 0 Å². The summed E-state index contributed by atoms with van der Waals surface area (Å²) in [5.74, 6) is 0. The minimum absolute atomic E-state index is 0.568. The lowest BCUT2D eigenvalue weighted by Crippen LogP contribution is -2.62. The van der Waals surface area contributed by atoms with E-state index in [4.69, 9.17) is 0 Å². The summed E-state index contributed by atoms with van der Waals surface area (Å²) in [4.78, 5) is 0. The van der Waals surface area contributed by atoms with Gasteiger partial charge in [-0.05, 0) is 25.8 Å². The Bertz CT molecular complexity index is 132. The Morgan fingerprint density at radius 3 is 2.60 bits per heavy atom. The van der Waals surface area contributed by atoms with E-state index in [2.05, 4.69) is 31.3 Å². The minimum atomic E-state index is 0.568. The third kappa shape index (κ3) is 0.987.